The molecule has 0 saturated carbocycles. The second-order valence-corrected chi connectivity index (χ2v) is 5.01. The maximum Gasteiger partial charge on any atom is 0.328 e. The highest BCUT2D eigenvalue weighted by atomic mass is 32.1. The van der Waals surface area contributed by atoms with Crippen LogP contribution in [0.3, 0.4) is 0 Å². The number of thiophene rings is 1. The number of methoxy groups -OCH3 is 1. The monoisotopic (exact) mass is 313 g/mol. The Morgan fingerprint density at radius 1 is 1.38 bits per heavy atom. The van der Waals surface area contributed by atoms with E-state index in [4.69, 9.17) is 14.6 Å². The summed E-state index contributed by atoms with van der Waals surface area (Å²) >= 11 is 1.28. The molecule has 0 radical (unpaired) electrons. The number of nitrogens with one attached hydrogen (secondary N) is 1. The topological polar surface area (TPSA) is 84.9 Å². The number of rotatable bonds is 10. The molecule has 6 nitrogen and oxygen atoms in total. The first-order valence-corrected chi connectivity index (χ1v) is 7.36. The summed E-state index contributed by atoms with van der Waals surface area (Å²) < 4.78 is 10.1. The molecule has 0 aliphatic heterocycles. The molecule has 0 spiro atoms. The van der Waals surface area contributed by atoms with Crippen molar-refractivity contribution < 1.29 is 24.2 Å². The average molecular weight is 313 g/mol. The molecule has 21 heavy (non-hydrogen) atoms. The quantitative estimate of drug-likeness (QED) is 0.506. The minimum atomic E-state index is -1.04. The van der Waals surface area contributed by atoms with Crippen LogP contribution in [0.15, 0.2) is 17.5 Å². The van der Waals surface area contributed by atoms with Crippen LogP contribution in [-0.2, 0) is 14.3 Å². The van der Waals surface area contributed by atoms with Crippen LogP contribution >= 0.6 is 11.3 Å². The molecule has 0 aliphatic carbocycles. The fourth-order valence-electron chi connectivity index (χ4n) is 1.50. The van der Waals surface area contributed by atoms with Crippen molar-refractivity contribution in [2.45, 2.75) is 6.42 Å². The lowest BCUT2D eigenvalue weighted by Gasteiger charge is -2.05. The van der Waals surface area contributed by atoms with Crippen LogP contribution in [0.5, 0.6) is 0 Å². The van der Waals surface area contributed by atoms with E-state index in [0.717, 1.165) is 6.08 Å². The molecule has 1 aromatic rings. The molecule has 0 aromatic carbocycles. The van der Waals surface area contributed by atoms with Gasteiger partial charge in [-0.2, -0.15) is 0 Å². The molecule has 1 aromatic heterocycles. The van der Waals surface area contributed by atoms with E-state index in [0.29, 0.717) is 43.2 Å². The van der Waals surface area contributed by atoms with Crippen molar-refractivity contribution in [2.24, 2.45) is 0 Å². The number of hydrogen-bond acceptors (Lipinski definition) is 5. The van der Waals surface area contributed by atoms with Crippen molar-refractivity contribution in [1.82, 2.24) is 5.32 Å². The fraction of sp³-hybridized carbons (Fsp3) is 0.429. The van der Waals surface area contributed by atoms with E-state index in [2.05, 4.69) is 5.32 Å². The summed E-state index contributed by atoms with van der Waals surface area (Å²) in [4.78, 5) is 23.0. The first-order chi connectivity index (χ1) is 10.1. The van der Waals surface area contributed by atoms with E-state index >= 15 is 0 Å². The molecular weight excluding hydrogens is 294 g/mol. The summed E-state index contributed by atoms with van der Waals surface area (Å²) in [5, 5.41) is 13.1. The van der Waals surface area contributed by atoms with Gasteiger partial charge in [0, 0.05) is 26.3 Å². The van der Waals surface area contributed by atoms with Gasteiger partial charge < -0.3 is 19.9 Å². The van der Waals surface area contributed by atoms with Gasteiger partial charge in [0.25, 0.3) is 5.91 Å². The molecular formula is C14H19NO5S. The molecule has 1 heterocycles. The van der Waals surface area contributed by atoms with Gasteiger partial charge in [0.1, 0.15) is 0 Å². The maximum absolute atomic E-state index is 12.0. The number of carboxylic acids is 1. The summed E-state index contributed by atoms with van der Waals surface area (Å²) in [6, 6.07) is 1.72. The zero-order valence-corrected chi connectivity index (χ0v) is 12.6. The lowest BCUT2D eigenvalue weighted by Crippen LogP contribution is -2.25. The Kier molecular flexibility index (Phi) is 8.34. The molecule has 116 valence electrons. The molecule has 0 aliphatic rings. The third-order valence-corrected chi connectivity index (χ3v) is 3.42. The zero-order valence-electron chi connectivity index (χ0n) is 11.8. The van der Waals surface area contributed by atoms with Crippen molar-refractivity contribution in [3.63, 3.8) is 0 Å². The second-order valence-electron chi connectivity index (χ2n) is 4.09. The standard InChI is InChI=1S/C14H19NO5S/c1-19-8-9-20-7-2-6-15-14(18)13-11(5-10-21-13)3-4-12(16)17/h3-5,10H,2,6-9H2,1H3,(H,15,18)(H,16,17)/b4-3+. The van der Waals surface area contributed by atoms with Crippen LogP contribution < -0.4 is 5.32 Å². The molecule has 1 amide bonds. The zero-order chi connectivity index (χ0) is 15.5. The molecule has 0 fully saturated rings. The first kappa shape index (κ1) is 17.4. The Balaban J connectivity index is 2.32. The lowest BCUT2D eigenvalue weighted by atomic mass is 10.2. The SMILES string of the molecule is COCCOCCCNC(=O)c1sccc1/C=C/C(=O)O. The van der Waals surface area contributed by atoms with Crippen molar-refractivity contribution >= 4 is 29.3 Å². The molecule has 2 N–H and O–H groups in total. The highest BCUT2D eigenvalue weighted by Gasteiger charge is 2.10. The number of hydrogen-bond donors (Lipinski definition) is 2. The maximum atomic E-state index is 12.0. The van der Waals surface area contributed by atoms with Crippen LogP contribution in [0.4, 0.5) is 0 Å². The van der Waals surface area contributed by atoms with Gasteiger partial charge in [0.2, 0.25) is 0 Å². The summed E-state index contributed by atoms with van der Waals surface area (Å²) in [6.45, 7) is 2.16. The summed E-state index contributed by atoms with van der Waals surface area (Å²) in [6.07, 6.45) is 3.14. The predicted octanol–water partition coefficient (Wildman–Crippen LogP) is 1.63. The van der Waals surface area contributed by atoms with E-state index in [1.807, 2.05) is 0 Å². The number of amides is 1. The van der Waals surface area contributed by atoms with E-state index in [1.165, 1.54) is 17.4 Å². The second kappa shape index (κ2) is 10.1. The van der Waals surface area contributed by atoms with Gasteiger partial charge in [-0.3, -0.25) is 4.79 Å². The van der Waals surface area contributed by atoms with Crippen LogP contribution in [0.2, 0.25) is 0 Å². The number of ether oxygens (including phenoxy) is 2. The highest BCUT2D eigenvalue weighted by Crippen LogP contribution is 2.18. The van der Waals surface area contributed by atoms with Gasteiger partial charge in [-0.25, -0.2) is 4.79 Å². The van der Waals surface area contributed by atoms with Crippen LogP contribution in [0.1, 0.15) is 21.7 Å². The van der Waals surface area contributed by atoms with E-state index < -0.39 is 5.97 Å². The van der Waals surface area contributed by atoms with Crippen LogP contribution in [0, 0.1) is 0 Å². The number of carboxylic acid groups (broad SMARTS) is 1. The Labute approximate surface area is 127 Å². The third-order valence-electron chi connectivity index (χ3n) is 2.49. The van der Waals surface area contributed by atoms with E-state index in [1.54, 1.807) is 18.6 Å². The van der Waals surface area contributed by atoms with Gasteiger partial charge in [-0.15, -0.1) is 11.3 Å². The lowest BCUT2D eigenvalue weighted by molar-refractivity contribution is -0.131. The summed E-state index contributed by atoms with van der Waals surface area (Å²) in [7, 11) is 1.61. The molecule has 0 bridgehead atoms. The number of carbonyl (C=O) groups is 2. The smallest absolute Gasteiger partial charge is 0.328 e. The molecule has 1 rings (SSSR count). The Bertz CT molecular complexity index is 483. The van der Waals surface area contributed by atoms with Crippen molar-refractivity contribution in [1.29, 1.82) is 0 Å². The summed E-state index contributed by atoms with van der Waals surface area (Å²) in [5.74, 6) is -1.24. The minimum absolute atomic E-state index is 0.202. The molecule has 0 atom stereocenters. The Morgan fingerprint density at radius 3 is 2.90 bits per heavy atom. The van der Waals surface area contributed by atoms with Crippen molar-refractivity contribution in [3.05, 3.63) is 28.0 Å². The molecule has 0 saturated heterocycles. The van der Waals surface area contributed by atoms with Crippen molar-refractivity contribution in [2.75, 3.05) is 33.5 Å². The minimum Gasteiger partial charge on any atom is -0.478 e. The fourth-order valence-corrected chi connectivity index (χ4v) is 2.30. The van der Waals surface area contributed by atoms with Gasteiger partial charge in [-0.05, 0) is 29.5 Å². The summed E-state index contributed by atoms with van der Waals surface area (Å²) in [5.41, 5.74) is 0.608. The average Bonchev–Trinajstić information content (AvgIpc) is 2.92. The Hall–Kier alpha value is -1.70. The van der Waals surface area contributed by atoms with Crippen LogP contribution in [-0.4, -0.2) is 50.5 Å². The Morgan fingerprint density at radius 2 is 2.19 bits per heavy atom. The molecule has 7 heteroatoms. The van der Waals surface area contributed by atoms with Crippen molar-refractivity contribution in [3.8, 4) is 0 Å². The first-order valence-electron chi connectivity index (χ1n) is 6.48. The molecule has 0 unspecified atom stereocenters. The number of aliphatic carboxylic acids is 1. The predicted molar refractivity (Wildman–Crippen MR) is 80.6 cm³/mol. The van der Waals surface area contributed by atoms with Crippen LogP contribution in [0.25, 0.3) is 6.08 Å². The third kappa shape index (κ3) is 7.03. The highest BCUT2D eigenvalue weighted by molar-refractivity contribution is 7.12. The van der Waals surface area contributed by atoms with Gasteiger partial charge >= 0.3 is 5.97 Å². The largest absolute Gasteiger partial charge is 0.478 e. The van der Waals surface area contributed by atoms with E-state index in [9.17, 15) is 9.59 Å². The van der Waals surface area contributed by atoms with Gasteiger partial charge in [0.15, 0.2) is 0 Å². The van der Waals surface area contributed by atoms with Gasteiger partial charge in [0.05, 0.1) is 18.1 Å². The normalized spacial score (nSPS) is 10.9. The number of carbonyl (C=O) groups excluding carboxylic acids is 1. The van der Waals surface area contributed by atoms with E-state index in [-0.39, 0.29) is 5.91 Å². The van der Waals surface area contributed by atoms with Gasteiger partial charge in [-0.1, -0.05) is 0 Å².